The Morgan fingerprint density at radius 2 is 1.71 bits per heavy atom. The van der Waals surface area contributed by atoms with E-state index in [0.717, 1.165) is 5.56 Å². The first-order valence-corrected chi connectivity index (χ1v) is 6.79. The predicted molar refractivity (Wildman–Crippen MR) is 83.5 cm³/mol. The molecular weight excluding hydrogens is 264 g/mol. The molecule has 0 heterocycles. The van der Waals surface area contributed by atoms with Gasteiger partial charge < -0.3 is 10.6 Å². The van der Waals surface area contributed by atoms with Gasteiger partial charge in [-0.15, -0.1) is 0 Å². The van der Waals surface area contributed by atoms with Crippen molar-refractivity contribution in [2.45, 2.75) is 19.9 Å². The van der Waals surface area contributed by atoms with Crippen molar-refractivity contribution in [3.8, 4) is 0 Å². The molecule has 0 radical (unpaired) electrons. The third kappa shape index (κ3) is 4.18. The number of amides is 2. The van der Waals surface area contributed by atoms with E-state index in [1.54, 1.807) is 24.3 Å². The van der Waals surface area contributed by atoms with Crippen molar-refractivity contribution in [1.82, 2.24) is 5.32 Å². The average Bonchev–Trinajstić information content (AvgIpc) is 2.48. The molecule has 2 aromatic carbocycles. The van der Waals surface area contributed by atoms with Crippen LogP contribution in [0.1, 0.15) is 35.8 Å². The van der Waals surface area contributed by atoms with Crippen LogP contribution in [-0.2, 0) is 0 Å². The number of carbonyl (C=O) groups is 2. The summed E-state index contributed by atoms with van der Waals surface area (Å²) in [7, 11) is 0. The van der Waals surface area contributed by atoms with E-state index in [4.69, 9.17) is 0 Å². The van der Waals surface area contributed by atoms with Crippen LogP contribution in [0.3, 0.4) is 0 Å². The van der Waals surface area contributed by atoms with Gasteiger partial charge in [0, 0.05) is 11.3 Å². The molecule has 2 N–H and O–H groups in total. The van der Waals surface area contributed by atoms with E-state index in [0.29, 0.717) is 11.3 Å². The third-order valence-corrected chi connectivity index (χ3v) is 3.17. The molecule has 4 heteroatoms. The van der Waals surface area contributed by atoms with Crippen LogP contribution in [0, 0.1) is 0 Å². The Bertz CT molecular complexity index is 638. The monoisotopic (exact) mass is 282 g/mol. The van der Waals surface area contributed by atoms with Gasteiger partial charge in [-0.1, -0.05) is 42.5 Å². The van der Waals surface area contributed by atoms with Crippen LogP contribution in [-0.4, -0.2) is 11.8 Å². The Hall–Kier alpha value is -2.62. The lowest BCUT2D eigenvalue weighted by molar-refractivity contribution is 0.101. The fourth-order valence-electron chi connectivity index (χ4n) is 2.00. The molecule has 0 fully saturated rings. The first kappa shape index (κ1) is 14.8. The summed E-state index contributed by atoms with van der Waals surface area (Å²) in [6.45, 7) is 3.41. The maximum Gasteiger partial charge on any atom is 0.319 e. The summed E-state index contributed by atoms with van der Waals surface area (Å²) in [5.41, 5.74) is 2.20. The van der Waals surface area contributed by atoms with E-state index in [-0.39, 0.29) is 17.9 Å². The number of carbonyl (C=O) groups excluding carboxylic acids is 2. The zero-order valence-corrected chi connectivity index (χ0v) is 12.1. The summed E-state index contributed by atoms with van der Waals surface area (Å²) in [6.07, 6.45) is 0. The Morgan fingerprint density at radius 1 is 1.00 bits per heavy atom. The minimum atomic E-state index is -0.299. The van der Waals surface area contributed by atoms with Crippen LogP contribution >= 0.6 is 0 Å². The minimum Gasteiger partial charge on any atom is -0.331 e. The van der Waals surface area contributed by atoms with E-state index in [1.165, 1.54) is 6.92 Å². The Kier molecular flexibility index (Phi) is 4.72. The number of nitrogens with one attached hydrogen (secondary N) is 2. The molecule has 0 aliphatic carbocycles. The largest absolute Gasteiger partial charge is 0.331 e. The standard InChI is InChI=1S/C17H18N2O2/c1-12(14-7-4-3-5-8-14)18-17(21)19-16-10-6-9-15(11-16)13(2)20/h3-12H,1-2H3,(H2,18,19,21). The second-order valence-electron chi connectivity index (χ2n) is 4.87. The molecule has 21 heavy (non-hydrogen) atoms. The third-order valence-electron chi connectivity index (χ3n) is 3.17. The fraction of sp³-hybridized carbons (Fsp3) is 0.176. The van der Waals surface area contributed by atoms with E-state index in [2.05, 4.69) is 10.6 Å². The molecule has 2 rings (SSSR count). The van der Waals surface area contributed by atoms with E-state index in [1.807, 2.05) is 37.3 Å². The normalized spacial score (nSPS) is 11.5. The maximum absolute atomic E-state index is 12.0. The number of hydrogen-bond acceptors (Lipinski definition) is 2. The number of hydrogen-bond donors (Lipinski definition) is 2. The van der Waals surface area contributed by atoms with Crippen molar-refractivity contribution in [1.29, 1.82) is 0 Å². The van der Waals surface area contributed by atoms with Gasteiger partial charge in [0.2, 0.25) is 0 Å². The van der Waals surface area contributed by atoms with E-state index in [9.17, 15) is 9.59 Å². The van der Waals surface area contributed by atoms with Crippen molar-refractivity contribution in [3.63, 3.8) is 0 Å². The summed E-state index contributed by atoms with van der Waals surface area (Å²) in [5, 5.41) is 5.59. The molecule has 4 nitrogen and oxygen atoms in total. The Balaban J connectivity index is 1.99. The van der Waals surface area contributed by atoms with Crippen LogP contribution in [0.2, 0.25) is 0 Å². The van der Waals surface area contributed by atoms with Gasteiger partial charge >= 0.3 is 6.03 Å². The SMILES string of the molecule is CC(=O)c1cccc(NC(=O)NC(C)c2ccccc2)c1. The molecule has 2 amide bonds. The van der Waals surface area contributed by atoms with Gasteiger partial charge in [0.25, 0.3) is 0 Å². The molecular formula is C17H18N2O2. The van der Waals surface area contributed by atoms with Gasteiger partial charge in [0.05, 0.1) is 6.04 Å². The highest BCUT2D eigenvalue weighted by molar-refractivity contribution is 5.96. The predicted octanol–water partition coefficient (Wildman–Crippen LogP) is 3.77. The van der Waals surface area contributed by atoms with Crippen LogP contribution in [0.4, 0.5) is 10.5 Å². The summed E-state index contributed by atoms with van der Waals surface area (Å²) >= 11 is 0. The molecule has 0 bridgehead atoms. The highest BCUT2D eigenvalue weighted by atomic mass is 16.2. The zero-order chi connectivity index (χ0) is 15.2. The number of Topliss-reactive ketones (excluding diaryl/α,β-unsaturated/α-hetero) is 1. The van der Waals surface area contributed by atoms with Crippen molar-refractivity contribution in [3.05, 3.63) is 65.7 Å². The highest BCUT2D eigenvalue weighted by Gasteiger charge is 2.09. The molecule has 0 aromatic heterocycles. The Morgan fingerprint density at radius 3 is 2.38 bits per heavy atom. The average molecular weight is 282 g/mol. The number of anilines is 1. The fourth-order valence-corrected chi connectivity index (χ4v) is 2.00. The van der Waals surface area contributed by atoms with Crippen molar-refractivity contribution >= 4 is 17.5 Å². The summed E-state index contributed by atoms with van der Waals surface area (Å²) in [5.74, 6) is -0.0308. The lowest BCUT2D eigenvalue weighted by Gasteiger charge is -2.15. The molecule has 2 aromatic rings. The van der Waals surface area contributed by atoms with Gasteiger partial charge in [-0.05, 0) is 31.5 Å². The topological polar surface area (TPSA) is 58.2 Å². The highest BCUT2D eigenvalue weighted by Crippen LogP contribution is 2.13. The summed E-state index contributed by atoms with van der Waals surface area (Å²) in [4.78, 5) is 23.3. The van der Waals surface area contributed by atoms with Crippen LogP contribution in [0.25, 0.3) is 0 Å². The quantitative estimate of drug-likeness (QED) is 0.839. The number of urea groups is 1. The maximum atomic E-state index is 12.0. The molecule has 0 saturated heterocycles. The summed E-state index contributed by atoms with van der Waals surface area (Å²) < 4.78 is 0. The lowest BCUT2D eigenvalue weighted by atomic mass is 10.1. The van der Waals surface area contributed by atoms with E-state index >= 15 is 0 Å². The van der Waals surface area contributed by atoms with Crippen LogP contribution in [0.15, 0.2) is 54.6 Å². The summed E-state index contributed by atoms with van der Waals surface area (Å²) in [6, 6.07) is 16.2. The van der Waals surface area contributed by atoms with Gasteiger partial charge in [-0.25, -0.2) is 4.79 Å². The van der Waals surface area contributed by atoms with Gasteiger partial charge in [0.15, 0.2) is 5.78 Å². The van der Waals surface area contributed by atoms with Gasteiger partial charge in [0.1, 0.15) is 0 Å². The van der Waals surface area contributed by atoms with Crippen molar-refractivity contribution in [2.75, 3.05) is 5.32 Å². The molecule has 0 aliphatic rings. The molecule has 0 aliphatic heterocycles. The number of ketones is 1. The van der Waals surface area contributed by atoms with Crippen LogP contribution in [0.5, 0.6) is 0 Å². The molecule has 0 saturated carbocycles. The van der Waals surface area contributed by atoms with Crippen molar-refractivity contribution in [2.24, 2.45) is 0 Å². The van der Waals surface area contributed by atoms with Gasteiger partial charge in [-0.3, -0.25) is 4.79 Å². The lowest BCUT2D eigenvalue weighted by Crippen LogP contribution is -2.31. The number of benzene rings is 2. The zero-order valence-electron chi connectivity index (χ0n) is 12.1. The smallest absolute Gasteiger partial charge is 0.319 e. The molecule has 1 unspecified atom stereocenters. The number of rotatable bonds is 4. The van der Waals surface area contributed by atoms with Gasteiger partial charge in [-0.2, -0.15) is 0 Å². The van der Waals surface area contributed by atoms with E-state index < -0.39 is 0 Å². The minimum absolute atomic E-state index is 0.0308. The van der Waals surface area contributed by atoms with Crippen LogP contribution < -0.4 is 10.6 Å². The van der Waals surface area contributed by atoms with Crippen molar-refractivity contribution < 1.29 is 9.59 Å². The second kappa shape index (κ2) is 6.70. The first-order valence-electron chi connectivity index (χ1n) is 6.79. The Labute approximate surface area is 124 Å². The second-order valence-corrected chi connectivity index (χ2v) is 4.87. The molecule has 1 atom stereocenters. The first-order chi connectivity index (χ1) is 10.1. The molecule has 0 spiro atoms. The molecule has 108 valence electrons.